The number of ether oxygens (including phenoxy) is 1. The van der Waals surface area contributed by atoms with E-state index in [1.165, 1.54) is 0 Å². The van der Waals surface area contributed by atoms with Gasteiger partial charge in [0, 0.05) is 42.0 Å². The molecule has 0 radical (unpaired) electrons. The Morgan fingerprint density at radius 1 is 1.02 bits per heavy atom. The fraction of sp³-hybridized carbons (Fsp3) is 0.281. The van der Waals surface area contributed by atoms with Gasteiger partial charge in [-0.3, -0.25) is 14.9 Å². The van der Waals surface area contributed by atoms with Crippen LogP contribution in [-0.4, -0.2) is 35.0 Å². The van der Waals surface area contributed by atoms with Crippen LogP contribution in [0.25, 0.3) is 10.8 Å². The summed E-state index contributed by atoms with van der Waals surface area (Å²) < 4.78 is 5.53. The van der Waals surface area contributed by atoms with Crippen molar-refractivity contribution >= 4 is 34.1 Å². The standard InChI is InChI=1S/C32H34N4O4/c1-4-14-36-18-22-6-5-7-25(16-22)35-32(39)40-19-21(3)27-11-9-24(15-20(27)2)29(31(36)38)34-26-10-8-23-12-13-33-30(37)28(23)17-26/h5-13,15-17,21,29,34H,4,14,18-19H2,1-3H3,(H,33,37)(H,35,39)/t21-,29+/m0/s1. The zero-order valence-corrected chi connectivity index (χ0v) is 23.0. The van der Waals surface area contributed by atoms with Gasteiger partial charge in [0.05, 0.1) is 6.61 Å². The number of nitrogens with zero attached hydrogens (tertiary/aromatic N) is 1. The van der Waals surface area contributed by atoms with E-state index in [9.17, 15) is 14.4 Å². The highest BCUT2D eigenvalue weighted by Crippen LogP contribution is 2.29. The molecule has 3 aromatic carbocycles. The van der Waals surface area contributed by atoms with Gasteiger partial charge in [-0.25, -0.2) is 4.79 Å². The van der Waals surface area contributed by atoms with Crippen LogP contribution in [0.4, 0.5) is 16.2 Å². The number of hydrogen-bond acceptors (Lipinski definition) is 5. The first-order valence-corrected chi connectivity index (χ1v) is 13.6. The monoisotopic (exact) mass is 538 g/mol. The van der Waals surface area contributed by atoms with Crippen LogP contribution in [0.1, 0.15) is 54.5 Å². The first-order valence-electron chi connectivity index (χ1n) is 13.6. The molecule has 4 bridgehead atoms. The number of aromatic nitrogens is 1. The number of anilines is 2. The van der Waals surface area contributed by atoms with Gasteiger partial charge in [0.25, 0.3) is 5.56 Å². The van der Waals surface area contributed by atoms with Crippen molar-refractivity contribution in [2.24, 2.45) is 0 Å². The third-order valence-electron chi connectivity index (χ3n) is 7.31. The molecule has 0 saturated heterocycles. The summed E-state index contributed by atoms with van der Waals surface area (Å²) >= 11 is 0. The average Bonchev–Trinajstić information content (AvgIpc) is 2.94. The number of aryl methyl sites for hydroxylation is 1. The quantitative estimate of drug-likeness (QED) is 0.292. The van der Waals surface area contributed by atoms with E-state index in [0.29, 0.717) is 29.9 Å². The minimum Gasteiger partial charge on any atom is -0.449 e. The maximum absolute atomic E-state index is 14.3. The average molecular weight is 539 g/mol. The molecule has 0 saturated carbocycles. The van der Waals surface area contributed by atoms with Crippen LogP contribution >= 0.6 is 0 Å². The van der Waals surface area contributed by atoms with Crippen molar-refractivity contribution in [2.75, 3.05) is 23.8 Å². The predicted molar refractivity (Wildman–Crippen MR) is 158 cm³/mol. The van der Waals surface area contributed by atoms with Gasteiger partial charge in [0.1, 0.15) is 6.04 Å². The predicted octanol–water partition coefficient (Wildman–Crippen LogP) is 6.09. The van der Waals surface area contributed by atoms with E-state index < -0.39 is 12.1 Å². The van der Waals surface area contributed by atoms with E-state index in [-0.39, 0.29) is 24.0 Å². The highest BCUT2D eigenvalue weighted by Gasteiger charge is 2.27. The van der Waals surface area contributed by atoms with Gasteiger partial charge in [0.15, 0.2) is 0 Å². The smallest absolute Gasteiger partial charge is 0.411 e. The number of amides is 2. The Morgan fingerprint density at radius 3 is 2.67 bits per heavy atom. The third kappa shape index (κ3) is 5.86. The third-order valence-corrected chi connectivity index (χ3v) is 7.31. The van der Waals surface area contributed by atoms with Crippen LogP contribution in [0, 0.1) is 6.92 Å². The number of carbonyl (C=O) groups is 2. The van der Waals surface area contributed by atoms with E-state index >= 15 is 0 Å². The number of benzene rings is 3. The molecule has 3 N–H and O–H groups in total. The summed E-state index contributed by atoms with van der Waals surface area (Å²) in [6, 6.07) is 20.2. The molecule has 2 aliphatic heterocycles. The Labute approximate surface area is 233 Å². The number of nitrogens with one attached hydrogen (secondary N) is 3. The number of carbonyl (C=O) groups excluding carboxylic acids is 2. The fourth-order valence-electron chi connectivity index (χ4n) is 5.29. The summed E-state index contributed by atoms with van der Waals surface area (Å²) in [5.74, 6) is -0.112. The van der Waals surface area contributed by atoms with E-state index in [0.717, 1.165) is 34.1 Å². The molecular formula is C32H34N4O4. The lowest BCUT2D eigenvalue weighted by Crippen LogP contribution is -2.38. The second-order valence-electron chi connectivity index (χ2n) is 10.4. The molecule has 2 atom stereocenters. The van der Waals surface area contributed by atoms with Crippen molar-refractivity contribution in [1.82, 2.24) is 9.88 Å². The molecule has 8 nitrogen and oxygen atoms in total. The van der Waals surface area contributed by atoms with Crippen molar-refractivity contribution in [2.45, 2.75) is 45.7 Å². The van der Waals surface area contributed by atoms with Crippen LogP contribution in [0.5, 0.6) is 0 Å². The van der Waals surface area contributed by atoms with Crippen LogP contribution in [0.3, 0.4) is 0 Å². The van der Waals surface area contributed by atoms with Gasteiger partial charge in [-0.1, -0.05) is 50.2 Å². The van der Waals surface area contributed by atoms with Crippen LogP contribution in [0.15, 0.2) is 77.7 Å². The first-order chi connectivity index (χ1) is 19.3. The molecule has 2 aliphatic rings. The minimum atomic E-state index is -0.679. The largest absolute Gasteiger partial charge is 0.449 e. The number of rotatable bonds is 4. The topological polar surface area (TPSA) is 104 Å². The first kappa shape index (κ1) is 27.0. The summed E-state index contributed by atoms with van der Waals surface area (Å²) in [5.41, 5.74) is 4.87. The summed E-state index contributed by atoms with van der Waals surface area (Å²) in [7, 11) is 0. The Kier molecular flexibility index (Phi) is 7.86. The van der Waals surface area contributed by atoms with Crippen molar-refractivity contribution < 1.29 is 14.3 Å². The highest BCUT2D eigenvalue weighted by atomic mass is 16.5. The Hall–Kier alpha value is -4.59. The molecule has 40 heavy (non-hydrogen) atoms. The molecule has 3 heterocycles. The Balaban J connectivity index is 1.59. The molecular weight excluding hydrogens is 504 g/mol. The number of aromatic amines is 1. The van der Waals surface area contributed by atoms with Crippen LogP contribution in [0.2, 0.25) is 0 Å². The Morgan fingerprint density at radius 2 is 1.88 bits per heavy atom. The number of H-pyrrole nitrogens is 1. The number of pyridine rings is 1. The summed E-state index contributed by atoms with van der Waals surface area (Å²) in [6.45, 7) is 7.21. The minimum absolute atomic E-state index is 0.0371. The zero-order chi connectivity index (χ0) is 28.2. The number of hydrogen-bond donors (Lipinski definition) is 3. The Bertz CT molecular complexity index is 1610. The van der Waals surface area contributed by atoms with Gasteiger partial charge in [-0.2, -0.15) is 0 Å². The lowest BCUT2D eigenvalue weighted by Gasteiger charge is -2.29. The van der Waals surface area contributed by atoms with E-state index in [4.69, 9.17) is 4.74 Å². The normalized spacial score (nSPS) is 17.9. The summed E-state index contributed by atoms with van der Waals surface area (Å²) in [6.07, 6.45) is 1.90. The van der Waals surface area contributed by atoms with Crippen molar-refractivity contribution in [1.29, 1.82) is 0 Å². The maximum atomic E-state index is 14.3. The highest BCUT2D eigenvalue weighted by molar-refractivity contribution is 5.89. The van der Waals surface area contributed by atoms with Crippen molar-refractivity contribution in [3.8, 4) is 0 Å². The molecule has 206 valence electrons. The van der Waals surface area contributed by atoms with E-state index in [2.05, 4.69) is 15.6 Å². The van der Waals surface area contributed by atoms with E-state index in [1.807, 2.05) is 80.3 Å². The lowest BCUT2D eigenvalue weighted by molar-refractivity contribution is -0.132. The number of fused-ring (bicyclic) bond motifs is 10. The summed E-state index contributed by atoms with van der Waals surface area (Å²) in [4.78, 5) is 43.8. The van der Waals surface area contributed by atoms with Gasteiger partial charge < -0.3 is 19.9 Å². The summed E-state index contributed by atoms with van der Waals surface area (Å²) in [5, 5.41) is 7.63. The van der Waals surface area contributed by atoms with Gasteiger partial charge >= 0.3 is 6.09 Å². The molecule has 8 heteroatoms. The van der Waals surface area contributed by atoms with Gasteiger partial charge in [0.2, 0.25) is 5.91 Å². The molecule has 1 aromatic heterocycles. The molecule has 6 rings (SSSR count). The fourth-order valence-corrected chi connectivity index (χ4v) is 5.29. The second-order valence-corrected chi connectivity index (χ2v) is 10.4. The molecule has 0 unspecified atom stereocenters. The molecule has 4 aromatic rings. The van der Waals surface area contributed by atoms with Crippen LogP contribution < -0.4 is 16.2 Å². The van der Waals surface area contributed by atoms with Crippen molar-refractivity contribution in [3.05, 3.63) is 106 Å². The van der Waals surface area contributed by atoms with Gasteiger partial charge in [-0.05, 0) is 71.3 Å². The second kappa shape index (κ2) is 11.7. The molecule has 0 fully saturated rings. The maximum Gasteiger partial charge on any atom is 0.411 e. The molecule has 0 aliphatic carbocycles. The molecule has 2 amide bonds. The lowest BCUT2D eigenvalue weighted by atomic mass is 9.92. The zero-order valence-electron chi connectivity index (χ0n) is 23.0. The van der Waals surface area contributed by atoms with Crippen LogP contribution in [-0.2, 0) is 16.1 Å². The van der Waals surface area contributed by atoms with Crippen molar-refractivity contribution in [3.63, 3.8) is 0 Å². The molecule has 0 spiro atoms. The van der Waals surface area contributed by atoms with Gasteiger partial charge in [-0.15, -0.1) is 0 Å². The SMILES string of the molecule is CCCN1Cc2cccc(c2)NC(=O)OC[C@H](C)c2ccc(cc2C)[C@@H](Nc2ccc3cc[nH]c(=O)c3c2)C1=O. The van der Waals surface area contributed by atoms with E-state index in [1.54, 1.807) is 18.3 Å².